The molecule has 0 spiro atoms. The topological polar surface area (TPSA) is 29.5 Å². The standard InChI is InChI=1S/C9H18O2/c1-4-8(2)5-6-9(10)7-11-3/h9-10H,2,4-7H2,1,3H3. The molecule has 66 valence electrons. The Morgan fingerprint density at radius 1 is 1.64 bits per heavy atom. The fourth-order valence-electron chi connectivity index (χ4n) is 0.823. The molecule has 1 atom stereocenters. The van der Waals surface area contributed by atoms with Crippen LogP contribution in [0.3, 0.4) is 0 Å². The van der Waals surface area contributed by atoms with Gasteiger partial charge in [-0.2, -0.15) is 0 Å². The first-order valence-corrected chi connectivity index (χ1v) is 4.04. The maximum absolute atomic E-state index is 9.23. The highest BCUT2D eigenvalue weighted by Gasteiger charge is 2.02. The van der Waals surface area contributed by atoms with Crippen molar-refractivity contribution in [1.82, 2.24) is 0 Å². The number of ether oxygens (including phenoxy) is 1. The van der Waals surface area contributed by atoms with Crippen molar-refractivity contribution < 1.29 is 9.84 Å². The van der Waals surface area contributed by atoms with Gasteiger partial charge < -0.3 is 9.84 Å². The van der Waals surface area contributed by atoms with Crippen LogP contribution in [0.4, 0.5) is 0 Å². The SMILES string of the molecule is C=C(CC)CCC(O)COC. The quantitative estimate of drug-likeness (QED) is 0.597. The molecule has 0 aromatic heterocycles. The largest absolute Gasteiger partial charge is 0.391 e. The molecular formula is C9H18O2. The summed E-state index contributed by atoms with van der Waals surface area (Å²) in [6.07, 6.45) is 2.34. The highest BCUT2D eigenvalue weighted by molar-refractivity contribution is 4.92. The summed E-state index contributed by atoms with van der Waals surface area (Å²) in [5.41, 5.74) is 1.19. The van der Waals surface area contributed by atoms with E-state index in [1.165, 1.54) is 5.57 Å². The molecule has 1 unspecified atom stereocenters. The number of hydrogen-bond donors (Lipinski definition) is 1. The van der Waals surface area contributed by atoms with Crippen LogP contribution in [0.2, 0.25) is 0 Å². The molecule has 0 aliphatic carbocycles. The summed E-state index contributed by atoms with van der Waals surface area (Å²) in [6, 6.07) is 0. The van der Waals surface area contributed by atoms with Gasteiger partial charge in [-0.1, -0.05) is 19.1 Å². The molecule has 0 aliphatic rings. The molecule has 0 aliphatic heterocycles. The van der Waals surface area contributed by atoms with E-state index < -0.39 is 0 Å². The molecule has 0 fully saturated rings. The summed E-state index contributed by atoms with van der Waals surface area (Å²) in [4.78, 5) is 0. The van der Waals surface area contributed by atoms with E-state index >= 15 is 0 Å². The zero-order chi connectivity index (χ0) is 8.69. The molecule has 0 rings (SSSR count). The Balaban J connectivity index is 3.29. The molecule has 0 saturated carbocycles. The predicted octanol–water partition coefficient (Wildman–Crippen LogP) is 1.74. The van der Waals surface area contributed by atoms with Crippen molar-refractivity contribution in [3.8, 4) is 0 Å². The van der Waals surface area contributed by atoms with E-state index in [0.717, 1.165) is 19.3 Å². The van der Waals surface area contributed by atoms with Gasteiger partial charge in [0.1, 0.15) is 0 Å². The molecule has 1 N–H and O–H groups in total. The van der Waals surface area contributed by atoms with Crippen molar-refractivity contribution in [3.63, 3.8) is 0 Å². The highest BCUT2D eigenvalue weighted by atomic mass is 16.5. The van der Waals surface area contributed by atoms with E-state index in [1.807, 2.05) is 0 Å². The van der Waals surface area contributed by atoms with Crippen LogP contribution in [-0.2, 0) is 4.74 Å². The molecule has 0 bridgehead atoms. The Morgan fingerprint density at radius 2 is 2.27 bits per heavy atom. The van der Waals surface area contributed by atoms with Crippen LogP contribution >= 0.6 is 0 Å². The average Bonchev–Trinajstić information content (AvgIpc) is 2.01. The third-order valence-electron chi connectivity index (χ3n) is 1.69. The Kier molecular flexibility index (Phi) is 6.18. The summed E-state index contributed by atoms with van der Waals surface area (Å²) in [5.74, 6) is 0. The summed E-state index contributed by atoms with van der Waals surface area (Å²) in [5, 5.41) is 9.23. The lowest BCUT2D eigenvalue weighted by Crippen LogP contribution is -2.13. The summed E-state index contributed by atoms with van der Waals surface area (Å²) in [6.45, 7) is 6.36. The second-order valence-corrected chi connectivity index (χ2v) is 2.75. The van der Waals surface area contributed by atoms with Crippen molar-refractivity contribution in [1.29, 1.82) is 0 Å². The van der Waals surface area contributed by atoms with Crippen molar-refractivity contribution >= 4 is 0 Å². The maximum atomic E-state index is 9.23. The first-order valence-electron chi connectivity index (χ1n) is 4.04. The summed E-state index contributed by atoms with van der Waals surface area (Å²) < 4.78 is 4.79. The van der Waals surface area contributed by atoms with E-state index in [9.17, 15) is 5.11 Å². The molecule has 0 amide bonds. The zero-order valence-corrected chi connectivity index (χ0v) is 7.47. The number of allylic oxidation sites excluding steroid dienone is 1. The van der Waals surface area contributed by atoms with E-state index in [4.69, 9.17) is 4.74 Å². The number of hydrogen-bond acceptors (Lipinski definition) is 2. The predicted molar refractivity (Wildman–Crippen MR) is 46.5 cm³/mol. The molecular weight excluding hydrogens is 140 g/mol. The van der Waals surface area contributed by atoms with E-state index in [0.29, 0.717) is 6.61 Å². The lowest BCUT2D eigenvalue weighted by molar-refractivity contribution is 0.0594. The molecule has 0 saturated heterocycles. The van der Waals surface area contributed by atoms with E-state index in [-0.39, 0.29) is 6.10 Å². The number of aliphatic hydroxyl groups is 1. The number of methoxy groups -OCH3 is 1. The lowest BCUT2D eigenvalue weighted by atomic mass is 10.1. The Bertz CT molecular complexity index is 110. The van der Waals surface area contributed by atoms with E-state index in [2.05, 4.69) is 13.5 Å². The van der Waals surface area contributed by atoms with Crippen molar-refractivity contribution in [2.45, 2.75) is 32.3 Å². The third kappa shape index (κ3) is 6.07. The molecule has 2 heteroatoms. The van der Waals surface area contributed by atoms with Gasteiger partial charge in [-0.3, -0.25) is 0 Å². The van der Waals surface area contributed by atoms with Gasteiger partial charge in [0.15, 0.2) is 0 Å². The summed E-state index contributed by atoms with van der Waals surface area (Å²) >= 11 is 0. The van der Waals surface area contributed by atoms with Crippen LogP contribution in [0.25, 0.3) is 0 Å². The van der Waals surface area contributed by atoms with Crippen molar-refractivity contribution in [3.05, 3.63) is 12.2 Å². The minimum Gasteiger partial charge on any atom is -0.391 e. The van der Waals surface area contributed by atoms with Crippen LogP contribution in [0, 0.1) is 0 Å². The fourth-order valence-corrected chi connectivity index (χ4v) is 0.823. The minimum atomic E-state index is -0.330. The van der Waals surface area contributed by atoms with Gasteiger partial charge in [-0.15, -0.1) is 0 Å². The molecule has 11 heavy (non-hydrogen) atoms. The van der Waals surface area contributed by atoms with Crippen molar-refractivity contribution in [2.75, 3.05) is 13.7 Å². The number of aliphatic hydroxyl groups excluding tert-OH is 1. The first-order chi connectivity index (χ1) is 5.20. The molecule has 0 aromatic rings. The molecule has 0 radical (unpaired) electrons. The second kappa shape index (κ2) is 6.38. The number of rotatable bonds is 6. The molecule has 0 aromatic carbocycles. The van der Waals surface area contributed by atoms with Gasteiger partial charge in [-0.25, -0.2) is 0 Å². The highest BCUT2D eigenvalue weighted by Crippen LogP contribution is 2.08. The van der Waals surface area contributed by atoms with Gasteiger partial charge in [0.2, 0.25) is 0 Å². The van der Waals surface area contributed by atoms with Gasteiger partial charge in [-0.05, 0) is 19.3 Å². The molecule has 0 heterocycles. The maximum Gasteiger partial charge on any atom is 0.0776 e. The van der Waals surface area contributed by atoms with Gasteiger partial charge in [0.25, 0.3) is 0 Å². The van der Waals surface area contributed by atoms with Gasteiger partial charge >= 0.3 is 0 Å². The molecule has 2 nitrogen and oxygen atoms in total. The monoisotopic (exact) mass is 158 g/mol. The Labute approximate surface area is 68.9 Å². The average molecular weight is 158 g/mol. The van der Waals surface area contributed by atoms with Gasteiger partial charge in [0.05, 0.1) is 12.7 Å². The zero-order valence-electron chi connectivity index (χ0n) is 7.47. The Morgan fingerprint density at radius 3 is 2.73 bits per heavy atom. The van der Waals surface area contributed by atoms with Crippen molar-refractivity contribution in [2.24, 2.45) is 0 Å². The van der Waals surface area contributed by atoms with Gasteiger partial charge in [0, 0.05) is 7.11 Å². The van der Waals surface area contributed by atoms with Crippen LogP contribution in [0.15, 0.2) is 12.2 Å². The van der Waals surface area contributed by atoms with Crippen LogP contribution < -0.4 is 0 Å². The normalized spacial score (nSPS) is 13.0. The Hall–Kier alpha value is -0.340. The lowest BCUT2D eigenvalue weighted by Gasteiger charge is -2.09. The smallest absolute Gasteiger partial charge is 0.0776 e. The minimum absolute atomic E-state index is 0.330. The second-order valence-electron chi connectivity index (χ2n) is 2.75. The van der Waals surface area contributed by atoms with Crippen LogP contribution in [0.1, 0.15) is 26.2 Å². The third-order valence-corrected chi connectivity index (χ3v) is 1.69. The summed E-state index contributed by atoms with van der Waals surface area (Å²) in [7, 11) is 1.60. The first kappa shape index (κ1) is 10.7. The van der Waals surface area contributed by atoms with Crippen LogP contribution in [0.5, 0.6) is 0 Å². The van der Waals surface area contributed by atoms with E-state index in [1.54, 1.807) is 7.11 Å². The van der Waals surface area contributed by atoms with Crippen LogP contribution in [-0.4, -0.2) is 24.9 Å². The fraction of sp³-hybridized carbons (Fsp3) is 0.778.